The molecule has 0 aromatic carbocycles. The number of hydrogen-bond acceptors (Lipinski definition) is 7. The number of carbonyl (C=O) groups is 1. The minimum Gasteiger partial charge on any atom is -0.476 e. The number of carboxylic acid groups (broad SMARTS) is 1. The Balaban J connectivity index is 1.56. The first-order chi connectivity index (χ1) is 10.6. The number of carboxylic acids is 1. The summed E-state index contributed by atoms with van der Waals surface area (Å²) in [6, 6.07) is 3.19. The topological polar surface area (TPSA) is 122 Å². The van der Waals surface area contributed by atoms with Crippen molar-refractivity contribution in [1.29, 1.82) is 0 Å². The molecular weight excluding hydrogens is 292 g/mol. The fourth-order valence-electron chi connectivity index (χ4n) is 2.24. The number of H-pyrrole nitrogens is 1. The van der Waals surface area contributed by atoms with Gasteiger partial charge in [-0.2, -0.15) is 4.98 Å². The van der Waals surface area contributed by atoms with E-state index in [0.717, 1.165) is 6.26 Å². The molecule has 0 saturated carbocycles. The van der Waals surface area contributed by atoms with Gasteiger partial charge in [0.15, 0.2) is 5.69 Å². The molecule has 0 atom stereocenters. The van der Waals surface area contributed by atoms with Gasteiger partial charge in [-0.1, -0.05) is 0 Å². The lowest BCUT2D eigenvalue weighted by atomic mass is 10.1. The molecule has 3 heterocycles. The van der Waals surface area contributed by atoms with Crippen molar-refractivity contribution >= 4 is 12.0 Å². The molecule has 0 aliphatic carbocycles. The lowest BCUT2D eigenvalue weighted by molar-refractivity contribution is 0.0690. The number of aromatic amines is 1. The van der Waals surface area contributed by atoms with E-state index in [-0.39, 0.29) is 17.4 Å². The maximum atomic E-state index is 10.9. The minimum absolute atomic E-state index is 0.0245. The van der Waals surface area contributed by atoms with Crippen molar-refractivity contribution in [3.8, 4) is 5.88 Å². The van der Waals surface area contributed by atoms with Gasteiger partial charge in [0.1, 0.15) is 12.4 Å². The van der Waals surface area contributed by atoms with Crippen LogP contribution in [0.1, 0.15) is 23.3 Å². The summed E-state index contributed by atoms with van der Waals surface area (Å²) in [6.07, 6.45) is 2.53. The summed E-state index contributed by atoms with van der Waals surface area (Å²) < 4.78 is 10.9. The van der Waals surface area contributed by atoms with E-state index in [1.165, 1.54) is 12.1 Å². The van der Waals surface area contributed by atoms with Gasteiger partial charge in [0.05, 0.1) is 0 Å². The molecule has 1 fully saturated rings. The molecule has 9 heteroatoms. The molecule has 0 bridgehead atoms. The van der Waals surface area contributed by atoms with E-state index in [1.807, 2.05) is 4.90 Å². The van der Waals surface area contributed by atoms with Gasteiger partial charge in [0, 0.05) is 38.1 Å². The van der Waals surface area contributed by atoms with E-state index in [9.17, 15) is 9.59 Å². The molecule has 3 rings (SSSR count). The Labute approximate surface area is 124 Å². The van der Waals surface area contributed by atoms with Crippen molar-refractivity contribution in [3.05, 3.63) is 34.4 Å². The van der Waals surface area contributed by atoms with Crippen LogP contribution in [-0.2, 0) is 0 Å². The Hall–Kier alpha value is -2.84. The highest BCUT2D eigenvalue weighted by Crippen LogP contribution is 2.21. The molecular formula is C13H14N4O5. The van der Waals surface area contributed by atoms with Gasteiger partial charge in [0.25, 0.3) is 11.6 Å². The molecule has 1 saturated heterocycles. The number of nitrogens with zero attached hydrogens (tertiary/aromatic N) is 3. The molecule has 22 heavy (non-hydrogen) atoms. The molecule has 0 radical (unpaired) electrons. The SMILES string of the molecule is O=C(O)c1coc(N2CCC(Oc3ccc(=O)[nH]n3)CC2)n1. The van der Waals surface area contributed by atoms with Crippen LogP contribution in [0, 0.1) is 0 Å². The van der Waals surface area contributed by atoms with Crippen LogP contribution in [0.4, 0.5) is 6.01 Å². The van der Waals surface area contributed by atoms with Crippen molar-refractivity contribution in [3.63, 3.8) is 0 Å². The molecule has 2 aromatic rings. The van der Waals surface area contributed by atoms with Crippen molar-refractivity contribution in [2.45, 2.75) is 18.9 Å². The Morgan fingerprint density at radius 3 is 2.77 bits per heavy atom. The molecule has 9 nitrogen and oxygen atoms in total. The first-order valence-electron chi connectivity index (χ1n) is 6.78. The number of hydrogen-bond donors (Lipinski definition) is 2. The second kappa shape index (κ2) is 5.88. The average molecular weight is 306 g/mol. The third kappa shape index (κ3) is 3.08. The Morgan fingerprint density at radius 1 is 1.41 bits per heavy atom. The Morgan fingerprint density at radius 2 is 2.18 bits per heavy atom. The number of piperidine rings is 1. The maximum absolute atomic E-state index is 10.9. The predicted octanol–water partition coefficient (Wildman–Crippen LogP) is 0.504. The monoisotopic (exact) mass is 306 g/mol. The molecule has 1 aliphatic rings. The summed E-state index contributed by atoms with van der Waals surface area (Å²) in [5.41, 5.74) is -0.383. The normalized spacial score (nSPS) is 15.7. The minimum atomic E-state index is -1.11. The number of rotatable bonds is 4. The van der Waals surface area contributed by atoms with Crippen LogP contribution in [-0.4, -0.2) is 45.5 Å². The van der Waals surface area contributed by atoms with Gasteiger partial charge in [-0.15, -0.1) is 5.10 Å². The van der Waals surface area contributed by atoms with E-state index < -0.39 is 5.97 Å². The number of aromatic carboxylic acids is 1. The van der Waals surface area contributed by atoms with E-state index in [1.54, 1.807) is 0 Å². The van der Waals surface area contributed by atoms with Crippen molar-refractivity contribution in [2.24, 2.45) is 0 Å². The fourth-order valence-corrected chi connectivity index (χ4v) is 2.24. The number of anilines is 1. The maximum Gasteiger partial charge on any atom is 0.357 e. The number of oxazole rings is 1. The first-order valence-corrected chi connectivity index (χ1v) is 6.78. The Kier molecular flexibility index (Phi) is 3.77. The summed E-state index contributed by atoms with van der Waals surface area (Å²) in [5.74, 6) is -0.736. The summed E-state index contributed by atoms with van der Waals surface area (Å²) >= 11 is 0. The molecule has 2 N–H and O–H groups in total. The number of aromatic nitrogens is 3. The van der Waals surface area contributed by atoms with Gasteiger partial charge >= 0.3 is 5.97 Å². The third-order valence-electron chi connectivity index (χ3n) is 3.36. The first kappa shape index (κ1) is 14.1. The number of nitrogens with one attached hydrogen (secondary N) is 1. The zero-order valence-corrected chi connectivity index (χ0v) is 11.6. The van der Waals surface area contributed by atoms with Crippen LogP contribution in [0.2, 0.25) is 0 Å². The number of ether oxygens (including phenoxy) is 1. The van der Waals surface area contributed by atoms with Crippen LogP contribution in [0.15, 0.2) is 27.6 Å². The lowest BCUT2D eigenvalue weighted by Gasteiger charge is -2.30. The van der Waals surface area contributed by atoms with E-state index in [4.69, 9.17) is 14.3 Å². The van der Waals surface area contributed by atoms with Gasteiger partial charge < -0.3 is 19.2 Å². The quantitative estimate of drug-likeness (QED) is 0.837. The average Bonchev–Trinajstić information content (AvgIpc) is 3.00. The summed E-state index contributed by atoms with van der Waals surface area (Å²) in [7, 11) is 0. The predicted molar refractivity (Wildman–Crippen MR) is 74.2 cm³/mol. The van der Waals surface area contributed by atoms with Crippen LogP contribution >= 0.6 is 0 Å². The Bertz CT molecular complexity index is 697. The summed E-state index contributed by atoms with van der Waals surface area (Å²) in [4.78, 5) is 27.5. The van der Waals surface area contributed by atoms with Gasteiger partial charge in [-0.05, 0) is 0 Å². The second-order valence-electron chi connectivity index (χ2n) is 4.88. The third-order valence-corrected chi connectivity index (χ3v) is 3.36. The highest BCUT2D eigenvalue weighted by atomic mass is 16.5. The van der Waals surface area contributed by atoms with Gasteiger partial charge in [-0.25, -0.2) is 9.89 Å². The van der Waals surface area contributed by atoms with Gasteiger partial charge in [0.2, 0.25) is 5.88 Å². The van der Waals surface area contributed by atoms with Crippen LogP contribution < -0.4 is 15.2 Å². The summed E-state index contributed by atoms with van der Waals surface area (Å²) in [6.45, 7) is 1.27. The molecule has 0 spiro atoms. The standard InChI is InChI=1S/C13H14N4O5/c18-10-1-2-11(16-15-10)22-8-3-5-17(6-4-8)13-14-9(7-21-13)12(19)20/h1-2,7-8H,3-6H2,(H,15,18)(H,19,20). The second-order valence-corrected chi connectivity index (χ2v) is 4.88. The fraction of sp³-hybridized carbons (Fsp3) is 0.385. The molecule has 2 aromatic heterocycles. The lowest BCUT2D eigenvalue weighted by Crippen LogP contribution is -2.38. The molecule has 1 aliphatic heterocycles. The van der Waals surface area contributed by atoms with Crippen molar-refractivity contribution in [2.75, 3.05) is 18.0 Å². The zero-order chi connectivity index (χ0) is 15.5. The largest absolute Gasteiger partial charge is 0.476 e. The van der Waals surface area contributed by atoms with Crippen LogP contribution in [0.5, 0.6) is 5.88 Å². The highest BCUT2D eigenvalue weighted by molar-refractivity contribution is 5.85. The molecule has 0 unspecified atom stereocenters. The van der Waals surface area contributed by atoms with E-state index in [2.05, 4.69) is 15.2 Å². The van der Waals surface area contributed by atoms with E-state index in [0.29, 0.717) is 37.8 Å². The smallest absolute Gasteiger partial charge is 0.357 e. The summed E-state index contributed by atoms with van der Waals surface area (Å²) in [5, 5.41) is 14.9. The van der Waals surface area contributed by atoms with Gasteiger partial charge in [-0.3, -0.25) is 4.79 Å². The zero-order valence-electron chi connectivity index (χ0n) is 11.6. The highest BCUT2D eigenvalue weighted by Gasteiger charge is 2.24. The van der Waals surface area contributed by atoms with Crippen LogP contribution in [0.3, 0.4) is 0 Å². The molecule has 0 amide bonds. The van der Waals surface area contributed by atoms with Crippen molar-refractivity contribution in [1.82, 2.24) is 15.2 Å². The molecule has 116 valence electrons. The van der Waals surface area contributed by atoms with Crippen molar-refractivity contribution < 1.29 is 19.1 Å². The van der Waals surface area contributed by atoms with E-state index >= 15 is 0 Å². The van der Waals surface area contributed by atoms with Crippen LogP contribution in [0.25, 0.3) is 0 Å².